The lowest BCUT2D eigenvalue weighted by atomic mass is 9.67. The van der Waals surface area contributed by atoms with Crippen LogP contribution in [0.25, 0.3) is 0 Å². The minimum Gasteiger partial charge on any atom is -0.481 e. The van der Waals surface area contributed by atoms with E-state index in [1.165, 1.54) is 20.8 Å². The summed E-state index contributed by atoms with van der Waals surface area (Å²) in [5, 5.41) is 21.0. The van der Waals surface area contributed by atoms with E-state index in [9.17, 15) is 48.3 Å². The van der Waals surface area contributed by atoms with Crippen molar-refractivity contribution in [2.45, 2.75) is 242 Å². The van der Waals surface area contributed by atoms with Gasteiger partial charge in [0.05, 0.1) is 44.2 Å². The summed E-state index contributed by atoms with van der Waals surface area (Å²) in [6, 6.07) is -0.884. The SMILES string of the molecule is CC(=O)OCC1C[C@@H](OCCCCC(=O)NCCCCC(CC(=O)C(CCCCNC(=O)CCCCO[C@@H]2CC(COC(C)=O)[C@H](C)[C@H](C)C2C)NC(=O)CCCCO[C@@H]2CC(COC(C)=O)[C@H](C)[C@H](C)C2C)C(=O)NCCCC(=O)O)C(C)[C@@H](C)[C@H]1C. The van der Waals surface area contributed by atoms with Crippen LogP contribution in [0.1, 0.15) is 218 Å². The van der Waals surface area contributed by atoms with Crippen molar-refractivity contribution in [3.05, 3.63) is 0 Å². The number of unbranched alkanes of at least 4 members (excludes halogenated alkanes) is 5. The van der Waals surface area contributed by atoms with Crippen molar-refractivity contribution in [3.63, 3.8) is 0 Å². The zero-order valence-corrected chi connectivity index (χ0v) is 56.1. The lowest BCUT2D eigenvalue weighted by Gasteiger charge is -2.43. The molecule has 5 N–H and O–H groups in total. The second-order valence-corrected chi connectivity index (χ2v) is 26.7. The van der Waals surface area contributed by atoms with Gasteiger partial charge in [0.2, 0.25) is 23.6 Å². The highest BCUT2D eigenvalue weighted by molar-refractivity contribution is 5.92. The van der Waals surface area contributed by atoms with Crippen LogP contribution in [0.4, 0.5) is 0 Å². The summed E-state index contributed by atoms with van der Waals surface area (Å²) >= 11 is 0. The number of rotatable bonds is 43. The van der Waals surface area contributed by atoms with Gasteiger partial charge in [0.25, 0.3) is 0 Å². The van der Waals surface area contributed by atoms with Gasteiger partial charge in [0.15, 0.2) is 5.78 Å². The van der Waals surface area contributed by atoms with E-state index in [-0.39, 0.29) is 116 Å². The molecule has 3 aliphatic carbocycles. The Kier molecular flexibility index (Phi) is 37.4. The Morgan fingerprint density at radius 3 is 1.15 bits per heavy atom. The predicted molar refractivity (Wildman–Crippen MR) is 336 cm³/mol. The standard InChI is InChI=1S/C68H118N4O16/c1-43-46(4)56(40-86-52(10)73)37-61(49(43)7)83-33-20-15-26-64(77)69-30-18-13-24-55(68(82)71-32-23-29-67(80)81)36-60(76)59(72-66(79)28-17-22-35-85-63-39-58(42-88-54(12)75)48(6)45(3)51(63)9)25-14-19-31-70-65(78)27-16-21-34-84-62-38-57(41-87-53(11)74)47(5)44(2)50(62)8/h43-51,55-59,61-63H,13-42H2,1-12H3,(H,69,77)(H,70,78)(H,71,82)(H,72,79)(H,80,81)/t43-,44-,45-,46+,47+,48+,49?,50?,51?,55?,56?,57?,58?,59?,61+,62+,63+/m0/s1. The second-order valence-electron chi connectivity index (χ2n) is 26.7. The number of carbonyl (C=O) groups excluding carboxylic acids is 8. The fourth-order valence-corrected chi connectivity index (χ4v) is 13.3. The first-order chi connectivity index (χ1) is 41.8. The van der Waals surface area contributed by atoms with Gasteiger partial charge >= 0.3 is 23.9 Å². The fourth-order valence-electron chi connectivity index (χ4n) is 13.3. The molecule has 0 saturated heterocycles. The third kappa shape index (κ3) is 29.5. The number of carboxylic acids is 1. The van der Waals surface area contributed by atoms with E-state index in [4.69, 9.17) is 28.4 Å². The van der Waals surface area contributed by atoms with Crippen LogP contribution in [0.3, 0.4) is 0 Å². The van der Waals surface area contributed by atoms with Crippen molar-refractivity contribution < 1.29 is 76.7 Å². The highest BCUT2D eigenvalue weighted by Crippen LogP contribution is 2.42. The van der Waals surface area contributed by atoms with Crippen molar-refractivity contribution in [1.82, 2.24) is 21.3 Å². The second kappa shape index (κ2) is 42.4. The molecule has 0 aromatic heterocycles. The molecule has 0 aromatic rings. The number of Topliss-reactive ketones (excluding diaryl/α,β-unsaturated/α-hetero) is 1. The van der Waals surface area contributed by atoms with E-state index >= 15 is 0 Å². The molecule has 506 valence electrons. The number of esters is 3. The molecule has 3 rings (SSSR count). The molecule has 3 fully saturated rings. The number of ether oxygens (including phenoxy) is 6. The van der Waals surface area contributed by atoms with Gasteiger partial charge in [-0.25, -0.2) is 0 Å². The van der Waals surface area contributed by atoms with Gasteiger partial charge in [-0.3, -0.25) is 43.2 Å². The molecule has 0 aromatic carbocycles. The van der Waals surface area contributed by atoms with Gasteiger partial charge in [0, 0.05) is 98.2 Å². The van der Waals surface area contributed by atoms with E-state index in [2.05, 4.69) is 83.6 Å². The molecule has 20 heteroatoms. The number of aliphatic carboxylic acids is 1. The lowest BCUT2D eigenvalue weighted by Crippen LogP contribution is -2.43. The summed E-state index contributed by atoms with van der Waals surface area (Å²) < 4.78 is 35.1. The Morgan fingerprint density at radius 2 is 0.773 bits per heavy atom. The quantitative estimate of drug-likeness (QED) is 0.0216. The molecular formula is C68H118N4O16. The molecule has 4 amide bonds. The first-order valence-electron chi connectivity index (χ1n) is 33.9. The fraction of sp³-hybridized carbons (Fsp3) is 0.868. The van der Waals surface area contributed by atoms with E-state index < -0.39 is 17.9 Å². The van der Waals surface area contributed by atoms with Gasteiger partial charge in [0.1, 0.15) is 0 Å². The maximum Gasteiger partial charge on any atom is 0.303 e. The lowest BCUT2D eigenvalue weighted by molar-refractivity contribution is -0.146. The summed E-state index contributed by atoms with van der Waals surface area (Å²) in [7, 11) is 0. The Bertz CT molecular complexity index is 2130. The summed E-state index contributed by atoms with van der Waals surface area (Å²) in [5.41, 5.74) is 0. The maximum atomic E-state index is 14.3. The molecular weight excluding hydrogens is 1130 g/mol. The Balaban J connectivity index is 1.55. The van der Waals surface area contributed by atoms with Crippen LogP contribution in [0.2, 0.25) is 0 Å². The third-order valence-electron chi connectivity index (χ3n) is 20.4. The normalized spacial score (nSPS) is 27.7. The Hall–Kier alpha value is -4.69. The molecule has 0 spiro atoms. The summed E-state index contributed by atoms with van der Waals surface area (Å²) in [6.45, 7) is 27.7. The molecule has 88 heavy (non-hydrogen) atoms. The van der Waals surface area contributed by atoms with Crippen LogP contribution >= 0.6 is 0 Å². The van der Waals surface area contributed by atoms with Crippen LogP contribution in [-0.4, -0.2) is 142 Å². The van der Waals surface area contributed by atoms with Crippen LogP contribution in [-0.2, 0) is 71.6 Å². The van der Waals surface area contributed by atoms with Crippen LogP contribution < -0.4 is 21.3 Å². The van der Waals surface area contributed by atoms with Crippen LogP contribution in [0.15, 0.2) is 0 Å². The molecule has 8 unspecified atom stereocenters. The molecule has 3 saturated carbocycles. The number of ketones is 1. The van der Waals surface area contributed by atoms with Gasteiger partial charge in [-0.2, -0.15) is 0 Å². The van der Waals surface area contributed by atoms with Gasteiger partial charge < -0.3 is 54.8 Å². The van der Waals surface area contributed by atoms with E-state index in [0.29, 0.717) is 183 Å². The number of amides is 4. The van der Waals surface area contributed by atoms with Crippen molar-refractivity contribution in [1.29, 1.82) is 0 Å². The minimum atomic E-state index is -0.980. The number of hydrogen-bond acceptors (Lipinski definition) is 15. The molecule has 0 radical (unpaired) electrons. The zero-order valence-electron chi connectivity index (χ0n) is 56.1. The first kappa shape index (κ1) is 77.6. The Morgan fingerprint density at radius 1 is 0.409 bits per heavy atom. The van der Waals surface area contributed by atoms with Crippen molar-refractivity contribution >= 4 is 53.3 Å². The number of carboxylic acid groups (broad SMARTS) is 1. The van der Waals surface area contributed by atoms with Gasteiger partial charge in [-0.05, 0) is 167 Å². The average Bonchev–Trinajstić information content (AvgIpc) is 3.62. The average molecular weight is 1250 g/mol. The highest BCUT2D eigenvalue weighted by Gasteiger charge is 2.42. The van der Waals surface area contributed by atoms with E-state index in [1.54, 1.807) is 0 Å². The number of nitrogens with one attached hydrogen (secondary N) is 4. The van der Waals surface area contributed by atoms with E-state index in [1.807, 2.05) is 0 Å². The summed E-state index contributed by atoms with van der Waals surface area (Å²) in [4.78, 5) is 113. The monoisotopic (exact) mass is 1250 g/mol. The maximum absolute atomic E-state index is 14.3. The van der Waals surface area contributed by atoms with Gasteiger partial charge in [-0.1, -0.05) is 68.7 Å². The molecule has 17 atom stereocenters. The predicted octanol–water partition coefficient (Wildman–Crippen LogP) is 9.74. The van der Waals surface area contributed by atoms with Crippen molar-refractivity contribution in [3.8, 4) is 0 Å². The van der Waals surface area contributed by atoms with E-state index in [0.717, 1.165) is 32.1 Å². The van der Waals surface area contributed by atoms with Crippen LogP contribution in [0.5, 0.6) is 0 Å². The minimum absolute atomic E-state index is 0.00408. The summed E-state index contributed by atoms with van der Waals surface area (Å²) in [5.74, 6) is 0.384. The molecule has 0 aliphatic heterocycles. The zero-order chi connectivity index (χ0) is 65.3. The highest BCUT2D eigenvalue weighted by atomic mass is 16.5. The smallest absolute Gasteiger partial charge is 0.303 e. The third-order valence-corrected chi connectivity index (χ3v) is 20.4. The Labute approximate surface area is 527 Å². The van der Waals surface area contributed by atoms with Crippen molar-refractivity contribution in [2.24, 2.45) is 76.9 Å². The molecule has 0 heterocycles. The largest absolute Gasteiger partial charge is 0.481 e. The number of hydrogen-bond donors (Lipinski definition) is 5. The molecule has 20 nitrogen and oxygen atoms in total. The van der Waals surface area contributed by atoms with Crippen molar-refractivity contribution in [2.75, 3.05) is 59.3 Å². The topological polar surface area (TPSA) is 277 Å². The molecule has 0 bridgehead atoms. The number of carbonyl (C=O) groups is 9. The van der Waals surface area contributed by atoms with Crippen LogP contribution in [0, 0.1) is 76.9 Å². The van der Waals surface area contributed by atoms with Gasteiger partial charge in [-0.15, -0.1) is 0 Å². The molecule has 3 aliphatic rings. The first-order valence-corrected chi connectivity index (χ1v) is 33.9. The summed E-state index contributed by atoms with van der Waals surface area (Å²) in [6.07, 6.45) is 10.0.